The van der Waals surface area contributed by atoms with E-state index >= 15 is 0 Å². The van der Waals surface area contributed by atoms with E-state index < -0.39 is 0 Å². The summed E-state index contributed by atoms with van der Waals surface area (Å²) < 4.78 is 5.76. The second kappa shape index (κ2) is 8.18. The van der Waals surface area contributed by atoms with E-state index in [0.29, 0.717) is 6.04 Å². The van der Waals surface area contributed by atoms with Crippen LogP contribution in [0, 0.1) is 6.92 Å². The molecule has 2 atom stereocenters. The number of carbonyl (C=O) groups is 1. The van der Waals surface area contributed by atoms with Crippen LogP contribution in [0.2, 0.25) is 0 Å². The Hall–Kier alpha value is -1.55. The predicted molar refractivity (Wildman–Crippen MR) is 90.2 cm³/mol. The number of hydrogen-bond donors (Lipinski definition) is 1. The molecule has 1 amide bonds. The van der Waals surface area contributed by atoms with Crippen molar-refractivity contribution in [3.8, 4) is 0 Å². The van der Waals surface area contributed by atoms with Crippen LogP contribution in [0.15, 0.2) is 24.3 Å². The van der Waals surface area contributed by atoms with Gasteiger partial charge in [0.05, 0.1) is 0 Å². The smallest absolute Gasteiger partial charge is 0.411 e. The van der Waals surface area contributed by atoms with Gasteiger partial charge >= 0.3 is 6.09 Å². The molecule has 1 aliphatic carbocycles. The average molecular weight is 304 g/mol. The molecule has 0 bridgehead atoms. The maximum absolute atomic E-state index is 12.2. The van der Waals surface area contributed by atoms with Crippen molar-refractivity contribution >= 4 is 11.8 Å². The number of likely N-dealkylation sites (N-methyl/N-ethyl adjacent to an activating group) is 1. The van der Waals surface area contributed by atoms with Crippen LogP contribution in [0.25, 0.3) is 0 Å². The minimum Gasteiger partial charge on any atom is -0.444 e. The van der Waals surface area contributed by atoms with Crippen LogP contribution in [-0.2, 0) is 4.74 Å². The fourth-order valence-corrected chi connectivity index (χ4v) is 3.32. The average Bonchev–Trinajstić information content (AvgIpc) is 2.52. The number of nitrogens with one attached hydrogen (secondary N) is 1. The molecule has 1 fully saturated rings. The number of nitrogens with zero attached hydrogens (tertiary/aromatic N) is 1. The molecule has 0 spiro atoms. The molecular formula is C18H28N2O2. The van der Waals surface area contributed by atoms with Crippen LogP contribution in [0.3, 0.4) is 0 Å². The van der Waals surface area contributed by atoms with Crippen molar-refractivity contribution in [1.29, 1.82) is 0 Å². The first-order valence-corrected chi connectivity index (χ1v) is 8.43. The van der Waals surface area contributed by atoms with Crippen LogP contribution in [0.4, 0.5) is 10.5 Å². The topological polar surface area (TPSA) is 41.6 Å². The first kappa shape index (κ1) is 16.8. The molecule has 0 radical (unpaired) electrons. The molecule has 2 unspecified atom stereocenters. The number of rotatable bonds is 5. The first-order chi connectivity index (χ1) is 10.7. The Morgan fingerprint density at radius 1 is 1.23 bits per heavy atom. The summed E-state index contributed by atoms with van der Waals surface area (Å²) in [5, 5.41) is 2.87. The molecular weight excluding hydrogens is 276 g/mol. The van der Waals surface area contributed by atoms with Crippen molar-refractivity contribution in [3.05, 3.63) is 29.8 Å². The number of amides is 1. The minimum atomic E-state index is -0.335. The molecule has 0 saturated heterocycles. The normalized spacial score (nSPS) is 21.6. The number of carbonyl (C=O) groups excluding carboxylic acids is 1. The second-order valence-electron chi connectivity index (χ2n) is 5.96. The quantitative estimate of drug-likeness (QED) is 0.886. The van der Waals surface area contributed by atoms with E-state index in [2.05, 4.69) is 24.1 Å². The summed E-state index contributed by atoms with van der Waals surface area (Å²) in [7, 11) is 0. The van der Waals surface area contributed by atoms with E-state index in [4.69, 9.17) is 4.74 Å². The van der Waals surface area contributed by atoms with Gasteiger partial charge in [-0.15, -0.1) is 0 Å². The van der Waals surface area contributed by atoms with Crippen LogP contribution in [-0.4, -0.2) is 36.2 Å². The molecule has 1 aromatic carbocycles. The first-order valence-electron chi connectivity index (χ1n) is 8.43. The van der Waals surface area contributed by atoms with Gasteiger partial charge in [-0.2, -0.15) is 0 Å². The third-order valence-electron chi connectivity index (χ3n) is 4.59. The van der Waals surface area contributed by atoms with Crippen LogP contribution >= 0.6 is 0 Å². The highest BCUT2D eigenvalue weighted by molar-refractivity contribution is 5.85. The van der Waals surface area contributed by atoms with Gasteiger partial charge < -0.3 is 4.74 Å². The summed E-state index contributed by atoms with van der Waals surface area (Å²) in [5.41, 5.74) is 1.87. The monoisotopic (exact) mass is 304 g/mol. The van der Waals surface area contributed by atoms with Crippen LogP contribution in [0.5, 0.6) is 0 Å². The molecule has 1 N–H and O–H groups in total. The van der Waals surface area contributed by atoms with Crippen molar-refractivity contribution in [1.82, 2.24) is 4.90 Å². The summed E-state index contributed by atoms with van der Waals surface area (Å²) in [5.74, 6) is 0. The van der Waals surface area contributed by atoms with E-state index in [1.807, 2.05) is 31.2 Å². The highest BCUT2D eigenvalue weighted by Gasteiger charge is 2.31. The molecule has 1 saturated carbocycles. The number of anilines is 1. The standard InChI is InChI=1S/C18H28N2O2/c1-4-20(5-2)16-12-8-9-13-17(16)22-18(21)19-15-11-7-6-10-14(15)3/h6-7,10-11,16-17H,4-5,8-9,12-13H2,1-3H3,(H,19,21). The zero-order chi connectivity index (χ0) is 15.9. The molecule has 122 valence electrons. The van der Waals surface area contributed by atoms with Crippen molar-refractivity contribution in [2.45, 2.75) is 58.6 Å². The van der Waals surface area contributed by atoms with E-state index in [1.54, 1.807) is 0 Å². The Balaban J connectivity index is 1.98. The summed E-state index contributed by atoms with van der Waals surface area (Å²) >= 11 is 0. The maximum Gasteiger partial charge on any atom is 0.411 e. The minimum absolute atomic E-state index is 0.00216. The van der Waals surface area contributed by atoms with Crippen LogP contribution in [0.1, 0.15) is 45.1 Å². The molecule has 0 aliphatic heterocycles. The van der Waals surface area contributed by atoms with Gasteiger partial charge in [0.1, 0.15) is 6.10 Å². The van der Waals surface area contributed by atoms with Gasteiger partial charge in [-0.05, 0) is 50.9 Å². The zero-order valence-electron chi connectivity index (χ0n) is 14.0. The second-order valence-corrected chi connectivity index (χ2v) is 5.96. The summed E-state index contributed by atoms with van der Waals surface area (Å²) in [4.78, 5) is 14.6. The third-order valence-corrected chi connectivity index (χ3v) is 4.59. The van der Waals surface area contributed by atoms with Crippen molar-refractivity contribution in [2.75, 3.05) is 18.4 Å². The zero-order valence-corrected chi connectivity index (χ0v) is 14.0. The van der Waals surface area contributed by atoms with Crippen LogP contribution < -0.4 is 5.32 Å². The molecule has 4 nitrogen and oxygen atoms in total. The third kappa shape index (κ3) is 4.23. The SMILES string of the molecule is CCN(CC)C1CCCCC1OC(=O)Nc1ccccc1C. The Morgan fingerprint density at radius 3 is 2.59 bits per heavy atom. The van der Waals surface area contributed by atoms with Crippen molar-refractivity contribution < 1.29 is 9.53 Å². The van der Waals surface area contributed by atoms with Gasteiger partial charge in [0.25, 0.3) is 0 Å². The molecule has 4 heteroatoms. The molecule has 0 aromatic heterocycles. The fourth-order valence-electron chi connectivity index (χ4n) is 3.32. The lowest BCUT2D eigenvalue weighted by atomic mass is 9.91. The Labute approximate surface area is 133 Å². The number of hydrogen-bond acceptors (Lipinski definition) is 3. The summed E-state index contributed by atoms with van der Waals surface area (Å²) in [6.07, 6.45) is 4.10. The lowest BCUT2D eigenvalue weighted by Crippen LogP contribution is -2.47. The fraction of sp³-hybridized carbons (Fsp3) is 0.611. The Bertz CT molecular complexity index is 486. The van der Waals surface area contributed by atoms with Crippen molar-refractivity contribution in [2.24, 2.45) is 0 Å². The van der Waals surface area contributed by atoms with Gasteiger partial charge in [-0.3, -0.25) is 10.2 Å². The van der Waals surface area contributed by atoms with Crippen molar-refractivity contribution in [3.63, 3.8) is 0 Å². The number of ether oxygens (including phenoxy) is 1. The molecule has 22 heavy (non-hydrogen) atoms. The highest BCUT2D eigenvalue weighted by Crippen LogP contribution is 2.26. The number of para-hydroxylation sites is 1. The summed E-state index contributed by atoms with van der Waals surface area (Å²) in [6, 6.07) is 8.12. The number of aryl methyl sites for hydroxylation is 1. The number of benzene rings is 1. The van der Waals surface area contributed by atoms with E-state index in [0.717, 1.165) is 43.6 Å². The predicted octanol–water partition coefficient (Wildman–Crippen LogP) is 4.20. The Kier molecular flexibility index (Phi) is 6.25. The summed E-state index contributed by atoms with van der Waals surface area (Å²) in [6.45, 7) is 8.32. The lowest BCUT2D eigenvalue weighted by molar-refractivity contribution is 0.0124. The van der Waals surface area contributed by atoms with E-state index in [9.17, 15) is 4.79 Å². The molecule has 2 rings (SSSR count). The van der Waals surface area contributed by atoms with Gasteiger partial charge in [0.15, 0.2) is 0 Å². The van der Waals surface area contributed by atoms with E-state index in [1.165, 1.54) is 6.42 Å². The molecule has 1 aliphatic rings. The highest BCUT2D eigenvalue weighted by atomic mass is 16.6. The molecule has 1 aromatic rings. The van der Waals surface area contributed by atoms with E-state index in [-0.39, 0.29) is 12.2 Å². The Morgan fingerprint density at radius 2 is 1.91 bits per heavy atom. The van der Waals surface area contributed by atoms with Gasteiger partial charge in [-0.1, -0.05) is 38.5 Å². The van der Waals surface area contributed by atoms with Gasteiger partial charge in [-0.25, -0.2) is 4.79 Å². The largest absolute Gasteiger partial charge is 0.444 e. The van der Waals surface area contributed by atoms with Gasteiger partial charge in [0, 0.05) is 11.7 Å². The molecule has 0 heterocycles. The lowest BCUT2D eigenvalue weighted by Gasteiger charge is -2.38. The van der Waals surface area contributed by atoms with Gasteiger partial charge in [0.2, 0.25) is 0 Å². The maximum atomic E-state index is 12.2.